The van der Waals surface area contributed by atoms with Crippen LogP contribution in [0.4, 0.5) is 17.6 Å². The molecule has 1 saturated carbocycles. The van der Waals surface area contributed by atoms with Crippen molar-refractivity contribution in [3.8, 4) is 0 Å². The van der Waals surface area contributed by atoms with E-state index in [-0.39, 0.29) is 23.4 Å². The number of carbonyl (C=O) groups excluding carboxylic acids is 1. The molecule has 1 amide bonds. The Balaban J connectivity index is 0.000000451. The van der Waals surface area contributed by atoms with Crippen LogP contribution in [0.25, 0.3) is 0 Å². The molecule has 0 radical (unpaired) electrons. The number of piperazine rings is 1. The third-order valence-electron chi connectivity index (χ3n) is 5.16. The van der Waals surface area contributed by atoms with Gasteiger partial charge in [-0.1, -0.05) is 12.8 Å². The van der Waals surface area contributed by atoms with Gasteiger partial charge in [-0.15, -0.1) is 0 Å². The highest BCUT2D eigenvalue weighted by molar-refractivity contribution is 7.89. The maximum atomic E-state index is 13.2. The summed E-state index contributed by atoms with van der Waals surface area (Å²) in [5.41, 5.74) is 0. The Labute approximate surface area is 183 Å². The van der Waals surface area contributed by atoms with Crippen molar-refractivity contribution in [1.82, 2.24) is 14.5 Å². The summed E-state index contributed by atoms with van der Waals surface area (Å²) in [6, 6.07) is 4.64. The zero-order valence-corrected chi connectivity index (χ0v) is 18.0. The van der Waals surface area contributed by atoms with Gasteiger partial charge >= 0.3 is 12.1 Å². The number of nitrogens with one attached hydrogen (secondary N) is 1. The van der Waals surface area contributed by atoms with Crippen LogP contribution in [-0.2, 0) is 19.6 Å². The Morgan fingerprint density at radius 2 is 1.59 bits per heavy atom. The highest BCUT2D eigenvalue weighted by Gasteiger charge is 2.38. The molecule has 13 heteroatoms. The van der Waals surface area contributed by atoms with Gasteiger partial charge in [0, 0.05) is 32.2 Å². The Morgan fingerprint density at radius 3 is 2.06 bits per heavy atom. The molecule has 0 unspecified atom stereocenters. The van der Waals surface area contributed by atoms with E-state index in [1.165, 1.54) is 16.4 Å². The van der Waals surface area contributed by atoms with Crippen LogP contribution in [0.15, 0.2) is 29.2 Å². The number of amides is 1. The number of sulfonamides is 1. The van der Waals surface area contributed by atoms with E-state index >= 15 is 0 Å². The van der Waals surface area contributed by atoms with Crippen molar-refractivity contribution in [2.24, 2.45) is 0 Å². The molecule has 1 aliphatic heterocycles. The zero-order valence-electron chi connectivity index (χ0n) is 17.1. The van der Waals surface area contributed by atoms with E-state index in [2.05, 4.69) is 5.32 Å². The summed E-state index contributed by atoms with van der Waals surface area (Å²) in [6.07, 6.45) is -1.64. The van der Waals surface area contributed by atoms with Crippen molar-refractivity contribution in [2.45, 2.75) is 42.8 Å². The monoisotopic (exact) mass is 483 g/mol. The third kappa shape index (κ3) is 7.14. The number of aliphatic carboxylic acids is 1. The number of carboxylic acids is 1. The highest BCUT2D eigenvalue weighted by Crippen LogP contribution is 2.29. The van der Waals surface area contributed by atoms with Gasteiger partial charge in [0.25, 0.3) is 0 Å². The van der Waals surface area contributed by atoms with Crippen LogP contribution in [0.3, 0.4) is 0 Å². The van der Waals surface area contributed by atoms with Gasteiger partial charge in [-0.3, -0.25) is 4.79 Å². The molecular formula is C19H25F4N3O5S. The number of hydrogen-bond donors (Lipinski definition) is 2. The minimum atomic E-state index is -5.08. The van der Waals surface area contributed by atoms with E-state index < -0.39 is 28.0 Å². The lowest BCUT2D eigenvalue weighted by Gasteiger charge is -2.32. The van der Waals surface area contributed by atoms with Crippen molar-refractivity contribution in [2.75, 3.05) is 32.7 Å². The van der Waals surface area contributed by atoms with Gasteiger partial charge < -0.3 is 15.3 Å². The summed E-state index contributed by atoms with van der Waals surface area (Å²) in [5, 5.41) is 10.3. The van der Waals surface area contributed by atoms with Crippen LogP contribution in [0.2, 0.25) is 0 Å². The summed E-state index contributed by atoms with van der Waals surface area (Å²) in [4.78, 5) is 23.3. The van der Waals surface area contributed by atoms with E-state index in [1.807, 2.05) is 0 Å². The molecule has 32 heavy (non-hydrogen) atoms. The van der Waals surface area contributed by atoms with Gasteiger partial charge in [0.1, 0.15) is 5.82 Å². The maximum Gasteiger partial charge on any atom is 0.490 e. The van der Waals surface area contributed by atoms with E-state index in [0.29, 0.717) is 13.1 Å². The second-order valence-corrected chi connectivity index (χ2v) is 9.27. The minimum absolute atomic E-state index is 0.0360. The fraction of sp³-hybridized carbons (Fsp3) is 0.579. The molecule has 2 fully saturated rings. The van der Waals surface area contributed by atoms with E-state index in [0.717, 1.165) is 50.9 Å². The van der Waals surface area contributed by atoms with Crippen molar-refractivity contribution in [1.29, 1.82) is 0 Å². The predicted molar refractivity (Wildman–Crippen MR) is 106 cm³/mol. The quantitative estimate of drug-likeness (QED) is 0.619. The van der Waals surface area contributed by atoms with Crippen LogP contribution >= 0.6 is 0 Å². The van der Waals surface area contributed by atoms with Crippen LogP contribution < -0.4 is 5.32 Å². The molecule has 1 aromatic rings. The number of hydrogen-bond acceptors (Lipinski definition) is 5. The molecule has 8 nitrogen and oxygen atoms in total. The fourth-order valence-electron chi connectivity index (χ4n) is 3.49. The van der Waals surface area contributed by atoms with Gasteiger partial charge in [-0.25, -0.2) is 17.6 Å². The molecule has 1 aromatic carbocycles. The average molecular weight is 483 g/mol. The largest absolute Gasteiger partial charge is 0.490 e. The number of benzene rings is 1. The Kier molecular flexibility index (Phi) is 8.98. The normalized spacial score (nSPS) is 17.7. The minimum Gasteiger partial charge on any atom is -0.475 e. The predicted octanol–water partition coefficient (Wildman–Crippen LogP) is 1.82. The molecule has 2 aliphatic rings. The van der Waals surface area contributed by atoms with E-state index in [1.54, 1.807) is 4.90 Å². The molecule has 0 bridgehead atoms. The molecule has 180 valence electrons. The Bertz CT molecular complexity index is 881. The van der Waals surface area contributed by atoms with Crippen molar-refractivity contribution in [3.63, 3.8) is 0 Å². The fourth-order valence-corrected chi connectivity index (χ4v) is 5.13. The van der Waals surface area contributed by atoms with Crippen molar-refractivity contribution in [3.05, 3.63) is 30.1 Å². The number of nitrogens with zero attached hydrogens (tertiary/aromatic N) is 2. The molecular weight excluding hydrogens is 458 g/mol. The van der Waals surface area contributed by atoms with Gasteiger partial charge in [0.15, 0.2) is 0 Å². The number of halogens is 4. The van der Waals surface area contributed by atoms with Crippen LogP contribution in [0.1, 0.15) is 25.7 Å². The lowest BCUT2D eigenvalue weighted by molar-refractivity contribution is -0.192. The number of rotatable bonds is 5. The molecule has 0 aromatic heterocycles. The molecule has 0 atom stereocenters. The molecule has 3 rings (SSSR count). The van der Waals surface area contributed by atoms with Gasteiger partial charge in [0.05, 0.1) is 11.4 Å². The summed E-state index contributed by atoms with van der Waals surface area (Å²) in [7, 11) is -3.83. The SMILES string of the molecule is O=C(CN(C1CCCC1)S(=O)(=O)c1ccc(F)cc1)N1CCNCC1.O=C(O)C(F)(F)F. The van der Waals surface area contributed by atoms with Gasteiger partial charge in [-0.2, -0.15) is 17.5 Å². The lowest BCUT2D eigenvalue weighted by atomic mass is 10.2. The zero-order chi connectivity index (χ0) is 23.9. The van der Waals surface area contributed by atoms with Crippen LogP contribution in [-0.4, -0.2) is 79.5 Å². The second kappa shape index (κ2) is 11.1. The highest BCUT2D eigenvalue weighted by atomic mass is 32.2. The van der Waals surface area contributed by atoms with E-state index in [4.69, 9.17) is 9.90 Å². The summed E-state index contributed by atoms with van der Waals surface area (Å²) in [6.45, 7) is 2.48. The number of alkyl halides is 3. The molecule has 1 heterocycles. The average Bonchev–Trinajstić information content (AvgIpc) is 3.27. The molecule has 0 spiro atoms. The van der Waals surface area contributed by atoms with Gasteiger partial charge in [0.2, 0.25) is 15.9 Å². The standard InChI is InChI=1S/C17H24FN3O3S.C2HF3O2/c18-14-5-7-16(8-6-14)25(23,24)21(15-3-1-2-4-15)13-17(22)20-11-9-19-10-12-20;3-2(4,5)1(6)7/h5-8,15,19H,1-4,9-13H2;(H,6,7). The molecule has 1 saturated heterocycles. The van der Waals surface area contributed by atoms with Crippen molar-refractivity contribution < 1.29 is 40.7 Å². The van der Waals surface area contributed by atoms with Crippen molar-refractivity contribution >= 4 is 21.9 Å². The first-order chi connectivity index (χ1) is 14.9. The maximum absolute atomic E-state index is 13.2. The van der Waals surface area contributed by atoms with Crippen LogP contribution in [0, 0.1) is 5.82 Å². The summed E-state index contributed by atoms with van der Waals surface area (Å²) >= 11 is 0. The third-order valence-corrected chi connectivity index (χ3v) is 7.07. The first-order valence-corrected chi connectivity index (χ1v) is 11.4. The number of carboxylic acid groups (broad SMARTS) is 1. The summed E-state index contributed by atoms with van der Waals surface area (Å²) in [5.74, 6) is -3.41. The smallest absolute Gasteiger partial charge is 0.475 e. The molecule has 1 aliphatic carbocycles. The molecule has 2 N–H and O–H groups in total. The number of carbonyl (C=O) groups is 2. The topological polar surface area (TPSA) is 107 Å². The first-order valence-electron chi connectivity index (χ1n) is 9.99. The first kappa shape index (κ1) is 26.0. The van der Waals surface area contributed by atoms with E-state index in [9.17, 15) is 30.8 Å². The van der Waals surface area contributed by atoms with Gasteiger partial charge in [-0.05, 0) is 37.1 Å². The second-order valence-electron chi connectivity index (χ2n) is 7.38. The Morgan fingerprint density at radius 1 is 1.09 bits per heavy atom. The summed E-state index contributed by atoms with van der Waals surface area (Å²) < 4.78 is 72.4. The Hall–Kier alpha value is -2.25. The van der Waals surface area contributed by atoms with Crippen LogP contribution in [0.5, 0.6) is 0 Å². The lowest BCUT2D eigenvalue weighted by Crippen LogP contribution is -2.51.